The van der Waals surface area contributed by atoms with Crippen LogP contribution in [0.4, 0.5) is 0 Å². The normalized spacial score (nSPS) is 12.2. The number of nitrogens with zero attached hydrogens (tertiary/aromatic N) is 1. The molecule has 0 aliphatic heterocycles. The number of aryl methyl sites for hydroxylation is 2. The van der Waals surface area contributed by atoms with Gasteiger partial charge >= 0.3 is 5.97 Å². The van der Waals surface area contributed by atoms with Crippen LogP contribution in [-0.2, 0) is 4.79 Å². The SMILES string of the molecule is COc1cccc(-c2nc3cc(C)c(C)cc3[nH]2)c1O[C@H](C)C(=O)O. The van der Waals surface area contributed by atoms with E-state index in [1.807, 2.05) is 38.1 Å². The molecule has 25 heavy (non-hydrogen) atoms. The van der Waals surface area contributed by atoms with Gasteiger partial charge in [0.25, 0.3) is 0 Å². The van der Waals surface area contributed by atoms with Gasteiger partial charge in [-0.25, -0.2) is 9.78 Å². The Morgan fingerprint density at radius 1 is 1.24 bits per heavy atom. The monoisotopic (exact) mass is 340 g/mol. The van der Waals surface area contributed by atoms with Gasteiger partial charge in [0.05, 0.1) is 23.7 Å². The Kier molecular flexibility index (Phi) is 4.35. The zero-order chi connectivity index (χ0) is 18.1. The first-order chi connectivity index (χ1) is 11.9. The molecule has 6 nitrogen and oxygen atoms in total. The van der Waals surface area contributed by atoms with Crippen LogP contribution in [0.2, 0.25) is 0 Å². The van der Waals surface area contributed by atoms with Gasteiger partial charge in [0.2, 0.25) is 0 Å². The number of carboxylic acids is 1. The maximum Gasteiger partial charge on any atom is 0.344 e. The lowest BCUT2D eigenvalue weighted by molar-refractivity contribution is -0.144. The molecule has 0 radical (unpaired) electrons. The minimum Gasteiger partial charge on any atom is -0.493 e. The molecule has 0 bridgehead atoms. The fraction of sp³-hybridized carbons (Fsp3) is 0.263. The summed E-state index contributed by atoms with van der Waals surface area (Å²) >= 11 is 0. The summed E-state index contributed by atoms with van der Waals surface area (Å²) in [5.74, 6) is 0.366. The Balaban J connectivity index is 2.14. The largest absolute Gasteiger partial charge is 0.493 e. The van der Waals surface area contributed by atoms with E-state index in [9.17, 15) is 4.79 Å². The molecule has 1 aromatic heterocycles. The lowest BCUT2D eigenvalue weighted by atomic mass is 10.1. The third kappa shape index (κ3) is 3.15. The fourth-order valence-electron chi connectivity index (χ4n) is 2.61. The number of imidazole rings is 1. The van der Waals surface area contributed by atoms with Gasteiger partial charge in [-0.05, 0) is 56.2 Å². The van der Waals surface area contributed by atoms with Crippen molar-refractivity contribution in [1.82, 2.24) is 9.97 Å². The highest BCUT2D eigenvalue weighted by atomic mass is 16.5. The Bertz CT molecular complexity index is 907. The summed E-state index contributed by atoms with van der Waals surface area (Å²) in [5, 5.41) is 9.15. The molecular weight excluding hydrogens is 320 g/mol. The van der Waals surface area contributed by atoms with Crippen LogP contribution in [0.25, 0.3) is 22.4 Å². The molecule has 2 aromatic carbocycles. The number of methoxy groups -OCH3 is 1. The molecule has 0 unspecified atom stereocenters. The zero-order valence-electron chi connectivity index (χ0n) is 14.6. The number of H-pyrrole nitrogens is 1. The summed E-state index contributed by atoms with van der Waals surface area (Å²) in [7, 11) is 1.52. The number of para-hydroxylation sites is 1. The number of benzene rings is 2. The first-order valence-corrected chi connectivity index (χ1v) is 7.94. The fourth-order valence-corrected chi connectivity index (χ4v) is 2.61. The van der Waals surface area contributed by atoms with Crippen molar-refractivity contribution in [2.45, 2.75) is 26.9 Å². The van der Waals surface area contributed by atoms with Crippen LogP contribution in [0.5, 0.6) is 11.5 Å². The Hall–Kier alpha value is -3.02. The number of carboxylic acid groups (broad SMARTS) is 1. The van der Waals surface area contributed by atoms with Crippen LogP contribution in [0.15, 0.2) is 30.3 Å². The highest BCUT2D eigenvalue weighted by Crippen LogP contribution is 2.38. The Labute approximate surface area is 145 Å². The molecule has 0 fully saturated rings. The second kappa shape index (κ2) is 6.47. The summed E-state index contributed by atoms with van der Waals surface area (Å²) in [6.07, 6.45) is -1.01. The van der Waals surface area contributed by atoms with E-state index in [4.69, 9.17) is 14.6 Å². The standard InChI is InChI=1S/C19H20N2O4/c1-10-8-14-15(9-11(10)2)21-18(20-14)13-6-5-7-16(24-4)17(13)25-12(3)19(22)23/h5-9,12H,1-4H3,(H,20,21)(H,22,23)/t12-/m1/s1. The molecular formula is C19H20N2O4. The quantitative estimate of drug-likeness (QED) is 0.740. The molecule has 1 heterocycles. The maximum atomic E-state index is 11.2. The number of nitrogens with one attached hydrogen (secondary N) is 1. The van der Waals surface area contributed by atoms with E-state index in [-0.39, 0.29) is 0 Å². The average molecular weight is 340 g/mol. The lowest BCUT2D eigenvalue weighted by Gasteiger charge is -2.16. The van der Waals surface area contributed by atoms with Gasteiger partial charge in [-0.2, -0.15) is 0 Å². The van der Waals surface area contributed by atoms with Crippen LogP contribution < -0.4 is 9.47 Å². The number of fused-ring (bicyclic) bond motifs is 1. The molecule has 0 saturated carbocycles. The van der Waals surface area contributed by atoms with E-state index in [1.165, 1.54) is 19.6 Å². The molecule has 0 amide bonds. The summed E-state index contributed by atoms with van der Waals surface area (Å²) in [6, 6.07) is 9.43. The maximum absolute atomic E-state index is 11.2. The van der Waals surface area contributed by atoms with Gasteiger partial charge in [0.1, 0.15) is 5.82 Å². The zero-order valence-corrected chi connectivity index (χ0v) is 14.6. The highest BCUT2D eigenvalue weighted by Gasteiger charge is 2.21. The molecule has 0 spiro atoms. The van der Waals surface area contributed by atoms with Gasteiger partial charge in [-0.15, -0.1) is 0 Å². The molecule has 3 rings (SSSR count). The summed E-state index contributed by atoms with van der Waals surface area (Å²) in [4.78, 5) is 19.1. The predicted octanol–water partition coefficient (Wildman–Crippen LogP) is 3.71. The molecule has 1 atom stereocenters. The van der Waals surface area contributed by atoms with Crippen LogP contribution in [0.1, 0.15) is 18.1 Å². The van der Waals surface area contributed by atoms with Crippen LogP contribution in [-0.4, -0.2) is 34.3 Å². The molecule has 0 aliphatic rings. The van der Waals surface area contributed by atoms with Crippen molar-refractivity contribution in [2.75, 3.05) is 7.11 Å². The predicted molar refractivity (Wildman–Crippen MR) is 95.3 cm³/mol. The smallest absolute Gasteiger partial charge is 0.344 e. The van der Waals surface area contributed by atoms with E-state index in [0.29, 0.717) is 22.9 Å². The van der Waals surface area contributed by atoms with E-state index in [2.05, 4.69) is 9.97 Å². The Morgan fingerprint density at radius 2 is 1.96 bits per heavy atom. The number of aromatic nitrogens is 2. The first kappa shape index (κ1) is 16.8. The van der Waals surface area contributed by atoms with Crippen molar-refractivity contribution < 1.29 is 19.4 Å². The van der Waals surface area contributed by atoms with E-state index in [0.717, 1.165) is 16.6 Å². The van der Waals surface area contributed by atoms with Crippen LogP contribution in [0, 0.1) is 13.8 Å². The number of aromatic amines is 1. The summed E-state index contributed by atoms with van der Waals surface area (Å²) < 4.78 is 11.0. The van der Waals surface area contributed by atoms with Crippen LogP contribution in [0.3, 0.4) is 0 Å². The number of carbonyl (C=O) groups is 1. The second-order valence-electron chi connectivity index (χ2n) is 5.97. The summed E-state index contributed by atoms with van der Waals surface area (Å²) in [6.45, 7) is 5.56. The molecule has 3 aromatic rings. The van der Waals surface area contributed by atoms with E-state index >= 15 is 0 Å². The lowest BCUT2D eigenvalue weighted by Crippen LogP contribution is -2.23. The average Bonchev–Trinajstić information content (AvgIpc) is 2.97. The highest BCUT2D eigenvalue weighted by molar-refractivity contribution is 5.83. The molecule has 0 aliphatic carbocycles. The number of hydrogen-bond acceptors (Lipinski definition) is 4. The van der Waals surface area contributed by atoms with Crippen molar-refractivity contribution in [1.29, 1.82) is 0 Å². The van der Waals surface area contributed by atoms with E-state index < -0.39 is 12.1 Å². The molecule has 6 heteroatoms. The van der Waals surface area contributed by atoms with Crippen LogP contribution >= 0.6 is 0 Å². The minimum atomic E-state index is -1.05. The van der Waals surface area contributed by atoms with E-state index in [1.54, 1.807) is 6.07 Å². The first-order valence-electron chi connectivity index (χ1n) is 7.94. The molecule has 0 saturated heterocycles. The van der Waals surface area contributed by atoms with Gasteiger partial charge < -0.3 is 19.6 Å². The second-order valence-corrected chi connectivity index (χ2v) is 5.97. The number of rotatable bonds is 5. The third-order valence-electron chi connectivity index (χ3n) is 4.19. The van der Waals surface area contributed by atoms with Gasteiger partial charge in [0.15, 0.2) is 17.6 Å². The number of aliphatic carboxylic acids is 1. The number of hydrogen-bond donors (Lipinski definition) is 2. The summed E-state index contributed by atoms with van der Waals surface area (Å²) in [5.41, 5.74) is 4.74. The topological polar surface area (TPSA) is 84.4 Å². The van der Waals surface area contributed by atoms with Crippen molar-refractivity contribution in [3.05, 3.63) is 41.5 Å². The van der Waals surface area contributed by atoms with Crippen molar-refractivity contribution in [2.24, 2.45) is 0 Å². The number of ether oxygens (including phenoxy) is 2. The van der Waals surface area contributed by atoms with Gasteiger partial charge in [-0.1, -0.05) is 6.07 Å². The third-order valence-corrected chi connectivity index (χ3v) is 4.19. The van der Waals surface area contributed by atoms with Crippen molar-refractivity contribution in [3.8, 4) is 22.9 Å². The van der Waals surface area contributed by atoms with Gasteiger partial charge in [-0.3, -0.25) is 0 Å². The minimum absolute atomic E-state index is 0.354. The molecule has 130 valence electrons. The van der Waals surface area contributed by atoms with Crippen molar-refractivity contribution >= 4 is 17.0 Å². The molecule has 2 N–H and O–H groups in total. The van der Waals surface area contributed by atoms with Gasteiger partial charge in [0, 0.05) is 0 Å². The Morgan fingerprint density at radius 3 is 2.64 bits per heavy atom. The van der Waals surface area contributed by atoms with Crippen molar-refractivity contribution in [3.63, 3.8) is 0 Å².